The lowest BCUT2D eigenvalue weighted by molar-refractivity contribution is 0.568. The Bertz CT molecular complexity index is 695. The Morgan fingerprint density at radius 1 is 0.864 bits per heavy atom. The second-order valence-corrected chi connectivity index (χ2v) is 7.44. The SMILES string of the molecule is CCCCCCCCNS(=O)(=O)c1ccc2ccccc2c1. The summed E-state index contributed by atoms with van der Waals surface area (Å²) < 4.78 is 27.3. The fraction of sp³-hybridized carbons (Fsp3) is 0.444. The number of hydrogen-bond donors (Lipinski definition) is 1. The van der Waals surface area contributed by atoms with Gasteiger partial charge in [0, 0.05) is 6.54 Å². The maximum absolute atomic E-state index is 12.3. The number of fused-ring (bicyclic) bond motifs is 1. The molecule has 2 aromatic rings. The zero-order valence-corrected chi connectivity index (χ0v) is 14.0. The lowest BCUT2D eigenvalue weighted by Crippen LogP contribution is -2.24. The molecule has 0 spiro atoms. The van der Waals surface area contributed by atoms with Gasteiger partial charge in [-0.15, -0.1) is 0 Å². The van der Waals surface area contributed by atoms with Crippen LogP contribution < -0.4 is 4.72 Å². The Labute approximate surface area is 133 Å². The number of hydrogen-bond acceptors (Lipinski definition) is 2. The smallest absolute Gasteiger partial charge is 0.211 e. The molecule has 0 atom stereocenters. The highest BCUT2D eigenvalue weighted by Crippen LogP contribution is 2.18. The van der Waals surface area contributed by atoms with Crippen molar-refractivity contribution in [2.75, 3.05) is 6.54 Å². The van der Waals surface area contributed by atoms with Gasteiger partial charge in [0.25, 0.3) is 0 Å². The first-order valence-electron chi connectivity index (χ1n) is 8.12. The van der Waals surface area contributed by atoms with Gasteiger partial charge in [-0.25, -0.2) is 13.1 Å². The molecule has 0 heterocycles. The maximum atomic E-state index is 12.3. The Balaban J connectivity index is 1.89. The number of sulfonamides is 1. The van der Waals surface area contributed by atoms with Gasteiger partial charge < -0.3 is 0 Å². The topological polar surface area (TPSA) is 46.2 Å². The van der Waals surface area contributed by atoms with Crippen molar-refractivity contribution in [2.45, 2.75) is 50.3 Å². The monoisotopic (exact) mass is 319 g/mol. The van der Waals surface area contributed by atoms with Crippen molar-refractivity contribution >= 4 is 20.8 Å². The molecule has 0 bridgehead atoms. The molecule has 22 heavy (non-hydrogen) atoms. The summed E-state index contributed by atoms with van der Waals surface area (Å²) in [5.74, 6) is 0. The summed E-state index contributed by atoms with van der Waals surface area (Å²) in [7, 11) is -3.40. The van der Waals surface area contributed by atoms with E-state index in [1.165, 1.54) is 25.7 Å². The molecule has 4 heteroatoms. The van der Waals surface area contributed by atoms with Crippen LogP contribution in [0.1, 0.15) is 45.4 Å². The van der Waals surface area contributed by atoms with Crippen LogP contribution in [-0.2, 0) is 10.0 Å². The molecular weight excluding hydrogens is 294 g/mol. The lowest BCUT2D eigenvalue weighted by Gasteiger charge is -2.08. The van der Waals surface area contributed by atoms with Crippen LogP contribution in [0.5, 0.6) is 0 Å². The van der Waals surface area contributed by atoms with Gasteiger partial charge in [0.1, 0.15) is 0 Å². The van der Waals surface area contributed by atoms with Gasteiger partial charge in [0.05, 0.1) is 4.90 Å². The second kappa shape index (κ2) is 8.30. The first kappa shape index (κ1) is 17.0. The van der Waals surface area contributed by atoms with Crippen LogP contribution in [0.4, 0.5) is 0 Å². The third-order valence-corrected chi connectivity index (χ3v) is 5.31. The highest BCUT2D eigenvalue weighted by molar-refractivity contribution is 7.89. The van der Waals surface area contributed by atoms with Gasteiger partial charge in [0.15, 0.2) is 0 Å². The molecule has 0 fully saturated rings. The molecule has 2 aromatic carbocycles. The van der Waals surface area contributed by atoms with E-state index in [9.17, 15) is 8.42 Å². The van der Waals surface area contributed by atoms with Crippen molar-refractivity contribution in [3.05, 3.63) is 42.5 Å². The molecule has 0 aromatic heterocycles. The Hall–Kier alpha value is -1.39. The Morgan fingerprint density at radius 3 is 2.32 bits per heavy atom. The van der Waals surface area contributed by atoms with E-state index in [0.29, 0.717) is 11.4 Å². The summed E-state index contributed by atoms with van der Waals surface area (Å²) in [5.41, 5.74) is 0. The molecule has 0 amide bonds. The summed E-state index contributed by atoms with van der Waals surface area (Å²) >= 11 is 0. The molecule has 2 rings (SSSR count). The third-order valence-electron chi connectivity index (χ3n) is 3.85. The van der Waals surface area contributed by atoms with E-state index in [0.717, 1.165) is 23.6 Å². The number of nitrogens with one attached hydrogen (secondary N) is 1. The molecule has 3 nitrogen and oxygen atoms in total. The predicted octanol–water partition coefficient (Wildman–Crippen LogP) is 4.48. The Kier molecular flexibility index (Phi) is 6.40. The standard InChI is InChI=1S/C18H25NO2S/c1-2-3-4-5-6-9-14-19-22(20,21)18-13-12-16-10-7-8-11-17(16)15-18/h7-8,10-13,15,19H,2-6,9,14H2,1H3. The van der Waals surface area contributed by atoms with E-state index in [4.69, 9.17) is 0 Å². The van der Waals surface area contributed by atoms with Gasteiger partial charge in [-0.05, 0) is 29.3 Å². The molecule has 0 unspecified atom stereocenters. The first-order valence-corrected chi connectivity index (χ1v) is 9.60. The van der Waals surface area contributed by atoms with Gasteiger partial charge in [-0.2, -0.15) is 0 Å². The lowest BCUT2D eigenvalue weighted by atomic mass is 10.1. The van der Waals surface area contributed by atoms with Crippen LogP contribution in [-0.4, -0.2) is 15.0 Å². The number of unbranched alkanes of at least 4 members (excludes halogenated alkanes) is 5. The molecule has 0 saturated heterocycles. The van der Waals surface area contributed by atoms with Crippen molar-refractivity contribution in [3.63, 3.8) is 0 Å². The normalized spacial score (nSPS) is 11.9. The van der Waals surface area contributed by atoms with E-state index in [2.05, 4.69) is 11.6 Å². The molecule has 0 aliphatic carbocycles. The van der Waals surface area contributed by atoms with Crippen molar-refractivity contribution in [1.82, 2.24) is 4.72 Å². The number of rotatable bonds is 9. The average molecular weight is 319 g/mol. The summed E-state index contributed by atoms with van der Waals surface area (Å²) in [4.78, 5) is 0.345. The van der Waals surface area contributed by atoms with Crippen LogP contribution in [0, 0.1) is 0 Å². The van der Waals surface area contributed by atoms with E-state index in [-0.39, 0.29) is 0 Å². The Morgan fingerprint density at radius 2 is 1.55 bits per heavy atom. The molecule has 0 aliphatic heterocycles. The van der Waals surface area contributed by atoms with Gasteiger partial charge >= 0.3 is 0 Å². The zero-order valence-electron chi connectivity index (χ0n) is 13.2. The molecule has 0 saturated carbocycles. The average Bonchev–Trinajstić information content (AvgIpc) is 2.53. The van der Waals surface area contributed by atoms with Gasteiger partial charge in [-0.1, -0.05) is 69.4 Å². The van der Waals surface area contributed by atoms with Crippen LogP contribution in [0.25, 0.3) is 10.8 Å². The van der Waals surface area contributed by atoms with E-state index < -0.39 is 10.0 Å². The summed E-state index contributed by atoms with van der Waals surface area (Å²) in [5, 5.41) is 2.00. The first-order chi connectivity index (χ1) is 10.6. The summed E-state index contributed by atoms with van der Waals surface area (Å²) in [6.45, 7) is 2.71. The molecular formula is C18H25NO2S. The molecule has 0 radical (unpaired) electrons. The highest BCUT2D eigenvalue weighted by atomic mass is 32.2. The van der Waals surface area contributed by atoms with Crippen molar-refractivity contribution in [2.24, 2.45) is 0 Å². The quantitative estimate of drug-likeness (QED) is 0.693. The largest absolute Gasteiger partial charge is 0.240 e. The fourth-order valence-electron chi connectivity index (χ4n) is 2.53. The van der Waals surface area contributed by atoms with Crippen molar-refractivity contribution in [1.29, 1.82) is 0 Å². The summed E-state index contributed by atoms with van der Waals surface area (Å²) in [6.07, 6.45) is 6.91. The third kappa shape index (κ3) is 4.82. The van der Waals surface area contributed by atoms with Gasteiger partial charge in [0.2, 0.25) is 10.0 Å². The molecule has 1 N–H and O–H groups in total. The highest BCUT2D eigenvalue weighted by Gasteiger charge is 2.13. The zero-order chi connectivity index (χ0) is 15.8. The summed E-state index contributed by atoms with van der Waals surface area (Å²) in [6, 6.07) is 13.0. The minimum atomic E-state index is -3.40. The minimum Gasteiger partial charge on any atom is -0.211 e. The van der Waals surface area contributed by atoms with Gasteiger partial charge in [-0.3, -0.25) is 0 Å². The van der Waals surface area contributed by atoms with Crippen LogP contribution in [0.2, 0.25) is 0 Å². The fourth-order valence-corrected chi connectivity index (χ4v) is 3.64. The van der Waals surface area contributed by atoms with E-state index in [1.807, 2.05) is 30.3 Å². The van der Waals surface area contributed by atoms with Crippen LogP contribution in [0.15, 0.2) is 47.4 Å². The molecule has 0 aliphatic rings. The van der Waals surface area contributed by atoms with Crippen molar-refractivity contribution in [3.8, 4) is 0 Å². The minimum absolute atomic E-state index is 0.345. The predicted molar refractivity (Wildman–Crippen MR) is 92.5 cm³/mol. The number of benzene rings is 2. The maximum Gasteiger partial charge on any atom is 0.240 e. The van der Waals surface area contributed by atoms with Crippen LogP contribution in [0.3, 0.4) is 0 Å². The molecule has 120 valence electrons. The van der Waals surface area contributed by atoms with Crippen LogP contribution >= 0.6 is 0 Å². The van der Waals surface area contributed by atoms with E-state index >= 15 is 0 Å². The second-order valence-electron chi connectivity index (χ2n) is 5.67. The van der Waals surface area contributed by atoms with E-state index in [1.54, 1.807) is 12.1 Å². The van der Waals surface area contributed by atoms with Crippen molar-refractivity contribution < 1.29 is 8.42 Å².